The largest absolute Gasteiger partial charge is 0.276 e. The van der Waals surface area contributed by atoms with Crippen LogP contribution in [0.15, 0.2) is 24.3 Å². The van der Waals surface area contributed by atoms with E-state index in [1.807, 2.05) is 0 Å². The third kappa shape index (κ3) is 5.09. The van der Waals surface area contributed by atoms with Crippen molar-refractivity contribution in [3.8, 4) is 0 Å². The quantitative estimate of drug-likeness (QED) is 0.848. The Balaban J connectivity index is 1.84. The molecule has 1 saturated carbocycles. The minimum absolute atomic E-state index is 0.420. The zero-order valence-electron chi connectivity index (χ0n) is 12.9. The molecule has 118 valence electrons. The van der Waals surface area contributed by atoms with Gasteiger partial charge in [-0.1, -0.05) is 44.0 Å². The van der Waals surface area contributed by atoms with Crippen LogP contribution in [0, 0.1) is 5.92 Å². The van der Waals surface area contributed by atoms with Crippen LogP contribution in [-0.4, -0.2) is 22.0 Å². The summed E-state index contributed by atoms with van der Waals surface area (Å²) in [4.78, 5) is 0. The Labute approximate surface area is 128 Å². The average molecular weight is 310 g/mol. The van der Waals surface area contributed by atoms with Crippen LogP contribution in [0.25, 0.3) is 0 Å². The van der Waals surface area contributed by atoms with Crippen molar-refractivity contribution in [1.29, 1.82) is 0 Å². The molecule has 0 heterocycles. The smallest absolute Gasteiger partial charge is 0.205 e. The standard InChI is InChI=1S/C16H26N2O2S/c1-13-3-7-15(8-4-13)16-9-5-14(6-10-16)11-12-18-21(19,20)17-2/h5-6,9-10,13,15,17-18H,3-4,7-8,11-12H2,1-2H3. The van der Waals surface area contributed by atoms with Crippen LogP contribution in [-0.2, 0) is 16.6 Å². The van der Waals surface area contributed by atoms with Crippen molar-refractivity contribution in [2.75, 3.05) is 13.6 Å². The third-order valence-electron chi connectivity index (χ3n) is 4.44. The summed E-state index contributed by atoms with van der Waals surface area (Å²) in [5.41, 5.74) is 2.60. The minimum atomic E-state index is -3.32. The molecule has 1 aliphatic carbocycles. The van der Waals surface area contributed by atoms with E-state index >= 15 is 0 Å². The highest BCUT2D eigenvalue weighted by atomic mass is 32.2. The van der Waals surface area contributed by atoms with Crippen LogP contribution < -0.4 is 9.44 Å². The predicted molar refractivity (Wildman–Crippen MR) is 86.5 cm³/mol. The van der Waals surface area contributed by atoms with Gasteiger partial charge in [0.15, 0.2) is 0 Å². The summed E-state index contributed by atoms with van der Waals surface area (Å²) in [7, 11) is -1.92. The van der Waals surface area contributed by atoms with Crippen molar-refractivity contribution < 1.29 is 8.42 Å². The molecule has 2 N–H and O–H groups in total. The minimum Gasteiger partial charge on any atom is -0.205 e. The first-order chi connectivity index (χ1) is 10.00. The molecule has 0 bridgehead atoms. The van der Waals surface area contributed by atoms with Gasteiger partial charge in [-0.3, -0.25) is 0 Å². The van der Waals surface area contributed by atoms with Crippen LogP contribution >= 0.6 is 0 Å². The second-order valence-corrected chi connectivity index (χ2v) is 7.75. The molecule has 0 spiro atoms. The molecular formula is C16H26N2O2S. The fourth-order valence-corrected chi connectivity index (χ4v) is 3.47. The molecule has 1 aromatic carbocycles. The predicted octanol–water partition coefficient (Wildman–Crippen LogP) is 2.58. The highest BCUT2D eigenvalue weighted by Crippen LogP contribution is 2.35. The molecular weight excluding hydrogens is 284 g/mol. The Bertz CT molecular complexity index is 532. The summed E-state index contributed by atoms with van der Waals surface area (Å²) >= 11 is 0. The molecule has 21 heavy (non-hydrogen) atoms. The molecule has 0 saturated heterocycles. The first-order valence-corrected chi connectivity index (χ1v) is 9.25. The molecule has 0 atom stereocenters. The van der Waals surface area contributed by atoms with Crippen molar-refractivity contribution in [3.05, 3.63) is 35.4 Å². The maximum absolute atomic E-state index is 11.3. The molecule has 1 fully saturated rings. The molecule has 1 aliphatic rings. The number of hydrogen-bond acceptors (Lipinski definition) is 2. The Morgan fingerprint density at radius 2 is 1.71 bits per heavy atom. The summed E-state index contributed by atoms with van der Waals surface area (Å²) in [6, 6.07) is 8.67. The van der Waals surface area contributed by atoms with Gasteiger partial charge in [-0.15, -0.1) is 0 Å². The van der Waals surface area contributed by atoms with Crippen molar-refractivity contribution in [2.24, 2.45) is 5.92 Å². The molecule has 0 aromatic heterocycles. The Morgan fingerprint density at radius 1 is 1.10 bits per heavy atom. The van der Waals surface area contributed by atoms with Gasteiger partial charge in [0, 0.05) is 13.6 Å². The lowest BCUT2D eigenvalue weighted by Gasteiger charge is -2.26. The molecule has 2 rings (SSSR count). The summed E-state index contributed by atoms with van der Waals surface area (Å²) in [6.07, 6.45) is 5.96. The van der Waals surface area contributed by atoms with Crippen LogP contribution in [0.1, 0.15) is 49.7 Å². The summed E-state index contributed by atoms with van der Waals surface area (Å²) in [5.74, 6) is 1.58. The van der Waals surface area contributed by atoms with E-state index in [4.69, 9.17) is 0 Å². The second-order valence-electron chi connectivity index (χ2n) is 6.05. The molecule has 1 aromatic rings. The van der Waals surface area contributed by atoms with Gasteiger partial charge < -0.3 is 0 Å². The van der Waals surface area contributed by atoms with Gasteiger partial charge in [-0.25, -0.2) is 9.44 Å². The average Bonchev–Trinajstić information content (AvgIpc) is 2.49. The van der Waals surface area contributed by atoms with E-state index < -0.39 is 10.2 Å². The van der Waals surface area contributed by atoms with Gasteiger partial charge in [-0.05, 0) is 42.2 Å². The second kappa shape index (κ2) is 7.38. The first kappa shape index (κ1) is 16.5. The number of nitrogens with one attached hydrogen (secondary N) is 2. The number of benzene rings is 1. The van der Waals surface area contributed by atoms with E-state index in [0.29, 0.717) is 18.9 Å². The SMILES string of the molecule is CNS(=O)(=O)NCCc1ccc(C2CCC(C)CC2)cc1. The maximum atomic E-state index is 11.3. The van der Waals surface area contributed by atoms with Gasteiger partial charge in [0.05, 0.1) is 0 Å². The number of hydrogen-bond donors (Lipinski definition) is 2. The van der Waals surface area contributed by atoms with Crippen LogP contribution in [0.5, 0.6) is 0 Å². The monoisotopic (exact) mass is 310 g/mol. The van der Waals surface area contributed by atoms with Crippen LogP contribution in [0.3, 0.4) is 0 Å². The van der Waals surface area contributed by atoms with E-state index in [9.17, 15) is 8.42 Å². The molecule has 0 amide bonds. The van der Waals surface area contributed by atoms with Gasteiger partial charge in [0.25, 0.3) is 10.2 Å². The summed E-state index contributed by atoms with van der Waals surface area (Å²) in [5, 5.41) is 0. The van der Waals surface area contributed by atoms with Gasteiger partial charge in [0.1, 0.15) is 0 Å². The topological polar surface area (TPSA) is 58.2 Å². The molecule has 0 radical (unpaired) electrons. The Kier molecular flexibility index (Phi) is 5.79. The van der Waals surface area contributed by atoms with Gasteiger partial charge in [0.2, 0.25) is 0 Å². The highest BCUT2D eigenvalue weighted by molar-refractivity contribution is 7.87. The molecule has 5 heteroatoms. The summed E-state index contributed by atoms with van der Waals surface area (Å²) < 4.78 is 27.3. The van der Waals surface area contributed by atoms with E-state index in [2.05, 4.69) is 40.6 Å². The van der Waals surface area contributed by atoms with Crippen molar-refractivity contribution in [2.45, 2.75) is 44.9 Å². The molecule has 0 aliphatic heterocycles. The van der Waals surface area contributed by atoms with Crippen LogP contribution in [0.2, 0.25) is 0 Å². The zero-order chi connectivity index (χ0) is 15.3. The molecule has 4 nitrogen and oxygen atoms in total. The lowest BCUT2D eigenvalue weighted by atomic mass is 9.79. The van der Waals surface area contributed by atoms with E-state index in [-0.39, 0.29) is 0 Å². The maximum Gasteiger partial charge on any atom is 0.276 e. The van der Waals surface area contributed by atoms with Crippen molar-refractivity contribution in [1.82, 2.24) is 9.44 Å². The third-order valence-corrected chi connectivity index (χ3v) is 5.56. The van der Waals surface area contributed by atoms with Gasteiger partial charge in [-0.2, -0.15) is 8.42 Å². The number of rotatable bonds is 6. The van der Waals surface area contributed by atoms with Crippen molar-refractivity contribution >= 4 is 10.2 Å². The van der Waals surface area contributed by atoms with Gasteiger partial charge >= 0.3 is 0 Å². The van der Waals surface area contributed by atoms with Crippen LogP contribution in [0.4, 0.5) is 0 Å². The van der Waals surface area contributed by atoms with E-state index in [1.165, 1.54) is 43.9 Å². The summed E-state index contributed by atoms with van der Waals surface area (Å²) in [6.45, 7) is 2.76. The lowest BCUT2D eigenvalue weighted by molar-refractivity contribution is 0.348. The fourth-order valence-electron chi connectivity index (χ4n) is 2.95. The van der Waals surface area contributed by atoms with E-state index in [1.54, 1.807) is 0 Å². The highest BCUT2D eigenvalue weighted by Gasteiger charge is 2.19. The lowest BCUT2D eigenvalue weighted by Crippen LogP contribution is -2.35. The Morgan fingerprint density at radius 3 is 2.29 bits per heavy atom. The Hall–Kier alpha value is -0.910. The first-order valence-electron chi connectivity index (χ1n) is 7.77. The molecule has 0 unspecified atom stereocenters. The fraction of sp³-hybridized carbons (Fsp3) is 0.625. The normalized spacial score (nSPS) is 23.1. The van der Waals surface area contributed by atoms with Crippen molar-refractivity contribution in [3.63, 3.8) is 0 Å². The van der Waals surface area contributed by atoms with E-state index in [0.717, 1.165) is 5.92 Å². The zero-order valence-corrected chi connectivity index (χ0v) is 13.7.